The number of aryl methyl sites for hydroxylation is 1. The first-order valence-electron chi connectivity index (χ1n) is 4.08. The van der Waals surface area contributed by atoms with Gasteiger partial charge in [0.05, 0.1) is 11.9 Å². The van der Waals surface area contributed by atoms with Crippen LogP contribution in [0.15, 0.2) is 6.20 Å². The van der Waals surface area contributed by atoms with Gasteiger partial charge < -0.3 is 5.11 Å². The normalized spacial score (nSPS) is 12.9. The van der Waals surface area contributed by atoms with Gasteiger partial charge in [-0.15, -0.1) is 5.10 Å². The summed E-state index contributed by atoms with van der Waals surface area (Å²) in [5.74, 6) is -0.773. The molecule has 0 aliphatic rings. The van der Waals surface area contributed by atoms with Gasteiger partial charge in [0, 0.05) is 0 Å². The average molecular weight is 196 g/mol. The molecule has 1 N–H and O–H groups in total. The molecule has 0 bridgehead atoms. The van der Waals surface area contributed by atoms with E-state index in [2.05, 4.69) is 15.2 Å². The second kappa shape index (κ2) is 4.10. The van der Waals surface area contributed by atoms with Crippen LogP contribution in [0.2, 0.25) is 0 Å². The third kappa shape index (κ3) is 2.23. The fourth-order valence-corrected chi connectivity index (χ4v) is 1.08. The minimum atomic E-state index is -0.984. The Morgan fingerprint density at radius 3 is 2.64 bits per heavy atom. The van der Waals surface area contributed by atoms with E-state index in [1.54, 1.807) is 21.0 Å². The van der Waals surface area contributed by atoms with Gasteiger partial charge in [-0.1, -0.05) is 0 Å². The van der Waals surface area contributed by atoms with Crippen molar-refractivity contribution in [2.24, 2.45) is 0 Å². The summed E-state index contributed by atoms with van der Waals surface area (Å²) in [5, 5.41) is 16.3. The number of rotatable bonds is 3. The van der Waals surface area contributed by atoms with Crippen molar-refractivity contribution in [2.75, 3.05) is 14.1 Å². The molecule has 0 aliphatic carbocycles. The number of nitrogens with zero attached hydrogens (tertiary/aromatic N) is 4. The van der Waals surface area contributed by atoms with Gasteiger partial charge in [-0.05, 0) is 21.0 Å². The van der Waals surface area contributed by atoms with Crippen molar-refractivity contribution in [3.63, 3.8) is 0 Å². The van der Waals surface area contributed by atoms with E-state index in [4.69, 9.17) is 5.11 Å². The molecule has 14 heavy (non-hydrogen) atoms. The molecule has 0 aliphatic heterocycles. The average Bonchev–Trinajstić information content (AvgIpc) is 2.02. The largest absolute Gasteiger partial charge is 0.480 e. The molecule has 0 radical (unpaired) electrons. The molecule has 6 nitrogen and oxygen atoms in total. The van der Waals surface area contributed by atoms with Crippen LogP contribution in [0.25, 0.3) is 0 Å². The second-order valence-corrected chi connectivity index (χ2v) is 3.16. The van der Waals surface area contributed by atoms with Crippen LogP contribution in [0.1, 0.15) is 17.6 Å². The van der Waals surface area contributed by atoms with Crippen molar-refractivity contribution in [3.8, 4) is 0 Å². The van der Waals surface area contributed by atoms with Crippen LogP contribution >= 0.6 is 0 Å². The van der Waals surface area contributed by atoms with Gasteiger partial charge >= 0.3 is 5.97 Å². The third-order valence-electron chi connectivity index (χ3n) is 1.69. The number of carbonyl (C=O) groups is 1. The van der Waals surface area contributed by atoms with Gasteiger partial charge in [0.2, 0.25) is 0 Å². The number of hydrogen-bond donors (Lipinski definition) is 1. The zero-order valence-electron chi connectivity index (χ0n) is 8.30. The van der Waals surface area contributed by atoms with E-state index in [1.165, 1.54) is 11.1 Å². The summed E-state index contributed by atoms with van der Waals surface area (Å²) < 4.78 is 0. The fraction of sp³-hybridized carbons (Fsp3) is 0.500. The number of likely N-dealkylation sites (N-methyl/N-ethyl adjacent to an activating group) is 1. The van der Waals surface area contributed by atoms with Crippen LogP contribution in [0, 0.1) is 6.92 Å². The van der Waals surface area contributed by atoms with Gasteiger partial charge in [0.1, 0.15) is 0 Å². The number of carboxylic acids is 1. The van der Waals surface area contributed by atoms with Crippen LogP contribution in [-0.4, -0.2) is 45.3 Å². The van der Waals surface area contributed by atoms with Crippen molar-refractivity contribution < 1.29 is 9.90 Å². The quantitative estimate of drug-likeness (QED) is 0.725. The summed E-state index contributed by atoms with van der Waals surface area (Å²) in [7, 11) is 3.31. The standard InChI is InChI=1S/C8H12N4O2/c1-5-4-9-11-7(10-5)6(8(13)14)12(2)3/h4,6H,1-3H3,(H,13,14). The number of aliphatic carboxylic acids is 1. The lowest BCUT2D eigenvalue weighted by molar-refractivity contribution is -0.142. The minimum absolute atomic E-state index is 0.211. The predicted octanol–water partition coefficient (Wildman–Crippen LogP) is -0.133. The molecule has 6 heteroatoms. The van der Waals surface area contributed by atoms with Crippen LogP contribution in [0.5, 0.6) is 0 Å². The first-order valence-corrected chi connectivity index (χ1v) is 4.08. The lowest BCUT2D eigenvalue weighted by Gasteiger charge is -2.17. The second-order valence-electron chi connectivity index (χ2n) is 3.16. The van der Waals surface area contributed by atoms with E-state index in [-0.39, 0.29) is 5.82 Å². The van der Waals surface area contributed by atoms with Crippen molar-refractivity contribution in [2.45, 2.75) is 13.0 Å². The Labute approximate surface area is 81.6 Å². The number of hydrogen-bond acceptors (Lipinski definition) is 5. The summed E-state index contributed by atoms with van der Waals surface area (Å²) >= 11 is 0. The highest BCUT2D eigenvalue weighted by molar-refractivity contribution is 5.74. The Balaban J connectivity index is 3.05. The van der Waals surface area contributed by atoms with Crippen molar-refractivity contribution in [1.82, 2.24) is 20.1 Å². The minimum Gasteiger partial charge on any atom is -0.480 e. The van der Waals surface area contributed by atoms with Crippen LogP contribution in [0.3, 0.4) is 0 Å². The van der Waals surface area contributed by atoms with Crippen molar-refractivity contribution >= 4 is 5.97 Å². The highest BCUT2D eigenvalue weighted by Crippen LogP contribution is 2.12. The Bertz CT molecular complexity index is 340. The van der Waals surface area contributed by atoms with Crippen LogP contribution in [-0.2, 0) is 4.79 Å². The molecule has 76 valence electrons. The molecule has 1 aromatic heterocycles. The van der Waals surface area contributed by atoms with E-state index in [0.717, 1.165) is 0 Å². The summed E-state index contributed by atoms with van der Waals surface area (Å²) in [6.07, 6.45) is 1.48. The molecule has 0 saturated heterocycles. The van der Waals surface area contributed by atoms with E-state index < -0.39 is 12.0 Å². The van der Waals surface area contributed by atoms with E-state index >= 15 is 0 Å². The molecular weight excluding hydrogens is 184 g/mol. The molecule has 1 heterocycles. The Kier molecular flexibility index (Phi) is 3.08. The third-order valence-corrected chi connectivity index (χ3v) is 1.69. The smallest absolute Gasteiger partial charge is 0.328 e. The molecule has 0 saturated carbocycles. The van der Waals surface area contributed by atoms with Crippen molar-refractivity contribution in [1.29, 1.82) is 0 Å². The lowest BCUT2D eigenvalue weighted by atomic mass is 10.2. The molecule has 1 rings (SSSR count). The maximum absolute atomic E-state index is 10.9. The molecule has 0 amide bonds. The summed E-state index contributed by atoms with van der Waals surface area (Å²) in [4.78, 5) is 16.4. The highest BCUT2D eigenvalue weighted by Gasteiger charge is 2.25. The van der Waals surface area contributed by atoms with E-state index in [0.29, 0.717) is 5.69 Å². The molecule has 0 spiro atoms. The van der Waals surface area contributed by atoms with Gasteiger partial charge in [0.15, 0.2) is 11.9 Å². The topological polar surface area (TPSA) is 79.2 Å². The SMILES string of the molecule is Cc1cnnc(C(C(=O)O)N(C)C)n1. The first kappa shape index (κ1) is 10.5. The zero-order valence-corrected chi connectivity index (χ0v) is 8.30. The fourth-order valence-electron chi connectivity index (χ4n) is 1.08. The molecule has 1 atom stereocenters. The molecule has 1 aromatic rings. The van der Waals surface area contributed by atoms with Crippen molar-refractivity contribution in [3.05, 3.63) is 17.7 Å². The molecule has 0 aromatic carbocycles. The van der Waals surface area contributed by atoms with E-state index in [9.17, 15) is 4.79 Å². The monoisotopic (exact) mass is 196 g/mol. The predicted molar refractivity (Wildman–Crippen MR) is 48.6 cm³/mol. The Morgan fingerprint density at radius 1 is 1.57 bits per heavy atom. The zero-order chi connectivity index (χ0) is 10.7. The molecule has 0 fully saturated rings. The number of aromatic nitrogens is 3. The van der Waals surface area contributed by atoms with Gasteiger partial charge in [-0.25, -0.2) is 4.98 Å². The first-order chi connectivity index (χ1) is 6.52. The van der Waals surface area contributed by atoms with Gasteiger partial charge in [0.25, 0.3) is 0 Å². The molecular formula is C8H12N4O2. The van der Waals surface area contributed by atoms with E-state index in [1.807, 2.05) is 0 Å². The maximum atomic E-state index is 10.9. The molecule has 1 unspecified atom stereocenters. The summed E-state index contributed by atoms with van der Waals surface area (Å²) in [6, 6.07) is -0.845. The Hall–Kier alpha value is -1.56. The lowest BCUT2D eigenvalue weighted by Crippen LogP contribution is -2.29. The summed E-state index contributed by atoms with van der Waals surface area (Å²) in [6.45, 7) is 1.74. The highest BCUT2D eigenvalue weighted by atomic mass is 16.4. The van der Waals surface area contributed by atoms with Crippen LogP contribution < -0.4 is 0 Å². The van der Waals surface area contributed by atoms with Gasteiger partial charge in [-0.3, -0.25) is 9.69 Å². The maximum Gasteiger partial charge on any atom is 0.328 e. The van der Waals surface area contributed by atoms with Gasteiger partial charge in [-0.2, -0.15) is 5.10 Å². The Morgan fingerprint density at radius 2 is 2.21 bits per heavy atom. The van der Waals surface area contributed by atoms with Crippen LogP contribution in [0.4, 0.5) is 0 Å². The number of carboxylic acid groups (broad SMARTS) is 1. The summed E-state index contributed by atoms with van der Waals surface area (Å²) in [5.41, 5.74) is 0.656.